The minimum atomic E-state index is -0.275. The maximum absolute atomic E-state index is 12.3. The Bertz CT molecular complexity index is 842. The monoisotopic (exact) mass is 314 g/mol. The first-order valence-corrected chi connectivity index (χ1v) is 7.89. The predicted molar refractivity (Wildman–Crippen MR) is 84.4 cm³/mol. The average Bonchev–Trinajstić information content (AvgIpc) is 3.10. The Balaban J connectivity index is 1.60. The van der Waals surface area contributed by atoms with Gasteiger partial charge in [-0.05, 0) is 24.6 Å². The van der Waals surface area contributed by atoms with Crippen molar-refractivity contribution in [2.75, 3.05) is 11.9 Å². The largest absolute Gasteiger partial charge is 0.451 e. The first kappa shape index (κ1) is 13.5. The molecule has 0 radical (unpaired) electrons. The number of carbonyl (C=O) groups excluding carboxylic acids is 1. The van der Waals surface area contributed by atoms with Crippen LogP contribution >= 0.6 is 11.3 Å². The van der Waals surface area contributed by atoms with Gasteiger partial charge in [-0.1, -0.05) is 23.5 Å². The van der Waals surface area contributed by atoms with Crippen LogP contribution in [0.2, 0.25) is 0 Å². The van der Waals surface area contributed by atoms with E-state index in [-0.39, 0.29) is 5.91 Å². The van der Waals surface area contributed by atoms with E-state index >= 15 is 0 Å². The Morgan fingerprint density at radius 2 is 2.32 bits per heavy atom. The zero-order valence-electron chi connectivity index (χ0n) is 12.0. The second-order valence-corrected chi connectivity index (χ2v) is 6.33. The zero-order chi connectivity index (χ0) is 15.1. The lowest BCUT2D eigenvalue weighted by Gasteiger charge is -2.08. The minimum absolute atomic E-state index is 0.275. The molecule has 0 fully saturated rings. The van der Waals surface area contributed by atoms with Gasteiger partial charge in [0.05, 0.1) is 23.8 Å². The molecule has 1 aliphatic rings. The number of amides is 1. The van der Waals surface area contributed by atoms with Crippen LogP contribution in [0.3, 0.4) is 0 Å². The molecule has 0 saturated heterocycles. The Morgan fingerprint density at radius 3 is 3.14 bits per heavy atom. The normalized spacial score (nSPS) is 14.0. The summed E-state index contributed by atoms with van der Waals surface area (Å²) < 4.78 is 11.0. The van der Waals surface area contributed by atoms with E-state index in [9.17, 15) is 4.79 Å². The van der Waals surface area contributed by atoms with Crippen molar-refractivity contribution in [3.8, 4) is 0 Å². The number of anilines is 1. The summed E-state index contributed by atoms with van der Waals surface area (Å²) in [7, 11) is 0. The third kappa shape index (κ3) is 2.30. The van der Waals surface area contributed by atoms with E-state index in [4.69, 9.17) is 9.15 Å². The van der Waals surface area contributed by atoms with E-state index in [0.29, 0.717) is 24.1 Å². The van der Waals surface area contributed by atoms with Gasteiger partial charge in [-0.25, -0.2) is 4.98 Å². The molecule has 0 bridgehead atoms. The summed E-state index contributed by atoms with van der Waals surface area (Å²) in [5, 5.41) is 4.37. The van der Waals surface area contributed by atoms with E-state index in [2.05, 4.69) is 10.3 Å². The van der Waals surface area contributed by atoms with Gasteiger partial charge in [-0.2, -0.15) is 0 Å². The number of furan rings is 1. The van der Waals surface area contributed by atoms with Gasteiger partial charge in [0.25, 0.3) is 5.91 Å². The van der Waals surface area contributed by atoms with Gasteiger partial charge in [-0.3, -0.25) is 10.1 Å². The van der Waals surface area contributed by atoms with E-state index in [0.717, 1.165) is 33.5 Å². The highest BCUT2D eigenvalue weighted by molar-refractivity contribution is 7.15. The number of benzene rings is 1. The molecule has 1 N–H and O–H groups in total. The van der Waals surface area contributed by atoms with Crippen molar-refractivity contribution < 1.29 is 13.9 Å². The van der Waals surface area contributed by atoms with Crippen LogP contribution in [0.4, 0.5) is 5.13 Å². The SMILES string of the molecule is Cc1cccc2oc(C(=O)Nc3nc4c(s3)COCC4)cc12. The lowest BCUT2D eigenvalue weighted by molar-refractivity contribution is 0.0998. The third-order valence-electron chi connectivity index (χ3n) is 3.72. The smallest absolute Gasteiger partial charge is 0.293 e. The van der Waals surface area contributed by atoms with Gasteiger partial charge in [0, 0.05) is 11.8 Å². The molecule has 4 rings (SSSR count). The first-order chi connectivity index (χ1) is 10.7. The molecule has 112 valence electrons. The Hall–Kier alpha value is -2.18. The van der Waals surface area contributed by atoms with Gasteiger partial charge >= 0.3 is 0 Å². The topological polar surface area (TPSA) is 64.4 Å². The summed E-state index contributed by atoms with van der Waals surface area (Å²) in [6.07, 6.45) is 0.797. The van der Waals surface area contributed by atoms with Gasteiger partial charge in [0.2, 0.25) is 0 Å². The highest BCUT2D eigenvalue weighted by Gasteiger charge is 2.19. The van der Waals surface area contributed by atoms with Crippen LogP contribution in [0.25, 0.3) is 11.0 Å². The Morgan fingerprint density at radius 1 is 1.41 bits per heavy atom. The molecule has 0 atom stereocenters. The van der Waals surface area contributed by atoms with Crippen LogP contribution in [0, 0.1) is 6.92 Å². The summed E-state index contributed by atoms with van der Waals surface area (Å²) in [6.45, 7) is 3.26. The van der Waals surface area contributed by atoms with Crippen LogP contribution in [-0.4, -0.2) is 17.5 Å². The zero-order valence-corrected chi connectivity index (χ0v) is 12.8. The lowest BCUT2D eigenvalue weighted by Crippen LogP contribution is -2.11. The molecular formula is C16H14N2O3S. The van der Waals surface area contributed by atoms with Crippen molar-refractivity contribution in [2.45, 2.75) is 20.0 Å². The summed E-state index contributed by atoms with van der Waals surface area (Å²) in [5.74, 6) is 0.0244. The highest BCUT2D eigenvalue weighted by Crippen LogP contribution is 2.28. The number of ether oxygens (including phenoxy) is 1. The second-order valence-electron chi connectivity index (χ2n) is 5.24. The fourth-order valence-electron chi connectivity index (χ4n) is 2.56. The number of thiazole rings is 1. The van der Waals surface area contributed by atoms with Crippen molar-refractivity contribution in [1.82, 2.24) is 4.98 Å². The average molecular weight is 314 g/mol. The van der Waals surface area contributed by atoms with Crippen molar-refractivity contribution in [3.05, 3.63) is 46.2 Å². The van der Waals surface area contributed by atoms with Crippen LogP contribution < -0.4 is 5.32 Å². The van der Waals surface area contributed by atoms with Gasteiger partial charge in [0.15, 0.2) is 10.9 Å². The van der Waals surface area contributed by atoms with E-state index < -0.39 is 0 Å². The molecule has 0 saturated carbocycles. The number of nitrogens with zero attached hydrogens (tertiary/aromatic N) is 1. The molecule has 1 amide bonds. The maximum atomic E-state index is 12.3. The number of rotatable bonds is 2. The van der Waals surface area contributed by atoms with Crippen LogP contribution in [0.15, 0.2) is 28.7 Å². The van der Waals surface area contributed by atoms with Crippen LogP contribution in [0.1, 0.15) is 26.7 Å². The molecule has 0 spiro atoms. The summed E-state index contributed by atoms with van der Waals surface area (Å²) in [5.41, 5.74) is 2.83. The fourth-order valence-corrected chi connectivity index (χ4v) is 3.50. The third-order valence-corrected chi connectivity index (χ3v) is 4.70. The summed E-state index contributed by atoms with van der Waals surface area (Å²) >= 11 is 1.46. The quantitative estimate of drug-likeness (QED) is 0.786. The number of carbonyl (C=O) groups is 1. The molecule has 3 aromatic rings. The molecule has 0 aliphatic carbocycles. The van der Waals surface area contributed by atoms with Gasteiger partial charge in [0.1, 0.15) is 5.58 Å². The number of aryl methyl sites for hydroxylation is 1. The van der Waals surface area contributed by atoms with Crippen LogP contribution in [0.5, 0.6) is 0 Å². The van der Waals surface area contributed by atoms with E-state index in [1.54, 1.807) is 6.07 Å². The molecule has 0 unspecified atom stereocenters. The number of aromatic nitrogens is 1. The summed E-state index contributed by atoms with van der Waals surface area (Å²) in [4.78, 5) is 17.9. The predicted octanol–water partition coefficient (Wildman–Crippen LogP) is 3.52. The summed E-state index contributed by atoms with van der Waals surface area (Å²) in [6, 6.07) is 7.54. The molecule has 1 aromatic carbocycles. The molecule has 22 heavy (non-hydrogen) atoms. The van der Waals surface area contributed by atoms with E-state index in [1.165, 1.54) is 11.3 Å². The Kier molecular flexibility index (Phi) is 3.20. The fraction of sp³-hybridized carbons (Fsp3) is 0.250. The Labute approximate surface area is 130 Å². The van der Waals surface area contributed by atoms with Crippen molar-refractivity contribution in [3.63, 3.8) is 0 Å². The van der Waals surface area contributed by atoms with Crippen molar-refractivity contribution in [1.29, 1.82) is 0 Å². The van der Waals surface area contributed by atoms with Crippen LogP contribution in [-0.2, 0) is 17.8 Å². The lowest BCUT2D eigenvalue weighted by atomic mass is 10.1. The van der Waals surface area contributed by atoms with Gasteiger partial charge < -0.3 is 9.15 Å². The molecule has 5 nitrogen and oxygen atoms in total. The van der Waals surface area contributed by atoms with Crippen molar-refractivity contribution >= 4 is 33.3 Å². The van der Waals surface area contributed by atoms with E-state index in [1.807, 2.05) is 25.1 Å². The molecular weight excluding hydrogens is 300 g/mol. The van der Waals surface area contributed by atoms with Crippen molar-refractivity contribution in [2.24, 2.45) is 0 Å². The number of nitrogens with one attached hydrogen (secondary N) is 1. The first-order valence-electron chi connectivity index (χ1n) is 7.07. The molecule has 6 heteroatoms. The highest BCUT2D eigenvalue weighted by atomic mass is 32.1. The second kappa shape index (κ2) is 5.23. The molecule has 3 heterocycles. The minimum Gasteiger partial charge on any atom is -0.451 e. The standard InChI is InChI=1S/C16H14N2O3S/c1-9-3-2-4-12-10(9)7-13(21-12)15(19)18-16-17-11-5-6-20-8-14(11)22-16/h2-4,7H,5-6,8H2,1H3,(H,17,18,19). The number of hydrogen-bond acceptors (Lipinski definition) is 5. The number of hydrogen-bond donors (Lipinski definition) is 1. The maximum Gasteiger partial charge on any atom is 0.293 e. The van der Waals surface area contributed by atoms with Gasteiger partial charge in [-0.15, -0.1) is 0 Å². The molecule has 2 aromatic heterocycles. The molecule has 1 aliphatic heterocycles. The number of fused-ring (bicyclic) bond motifs is 2.